The van der Waals surface area contributed by atoms with Gasteiger partial charge in [-0.3, -0.25) is 0 Å². The molecule has 7 heteroatoms. The smallest absolute Gasteiger partial charge is 0.271 e. The Balaban J connectivity index is 1.96. The molecule has 0 radical (unpaired) electrons. The first kappa shape index (κ1) is 16.9. The molecule has 0 fully saturated rings. The lowest BCUT2D eigenvalue weighted by molar-refractivity contribution is 0.546. The molecular weight excluding hydrogens is 358 g/mol. The Bertz CT molecular complexity index is 1130. The summed E-state index contributed by atoms with van der Waals surface area (Å²) in [7, 11) is -4.20. The van der Waals surface area contributed by atoms with Crippen LogP contribution in [0.15, 0.2) is 59.6 Å². The van der Waals surface area contributed by atoms with Gasteiger partial charge in [0, 0.05) is 29.8 Å². The maximum absolute atomic E-state index is 14.1. The van der Waals surface area contributed by atoms with Crippen molar-refractivity contribution in [3.05, 3.63) is 71.9 Å². The molecule has 4 nitrogen and oxygen atoms in total. The molecular formula is C19H16F2N2O2S. The molecule has 2 heterocycles. The Kier molecular flexibility index (Phi) is 4.13. The summed E-state index contributed by atoms with van der Waals surface area (Å²) < 4.78 is 54.5. The lowest BCUT2D eigenvalue weighted by Gasteiger charge is -2.13. The molecule has 0 saturated heterocycles. The second kappa shape index (κ2) is 6.34. The van der Waals surface area contributed by atoms with Gasteiger partial charge < -0.3 is 5.32 Å². The highest BCUT2D eigenvalue weighted by Gasteiger charge is 2.25. The molecule has 1 aromatic heterocycles. The van der Waals surface area contributed by atoms with E-state index in [4.69, 9.17) is 0 Å². The molecule has 0 saturated carbocycles. The predicted octanol–water partition coefficient (Wildman–Crippen LogP) is 3.53. The van der Waals surface area contributed by atoms with Crippen molar-refractivity contribution in [1.82, 2.24) is 9.29 Å². The maximum atomic E-state index is 14.1. The summed E-state index contributed by atoms with van der Waals surface area (Å²) in [6, 6.07) is 9.55. The van der Waals surface area contributed by atoms with Gasteiger partial charge in [0.15, 0.2) is 0 Å². The monoisotopic (exact) mass is 374 g/mol. The van der Waals surface area contributed by atoms with Crippen LogP contribution in [0.1, 0.15) is 12.0 Å². The molecule has 4 rings (SSSR count). The summed E-state index contributed by atoms with van der Waals surface area (Å²) in [5.41, 5.74) is 2.25. The fourth-order valence-electron chi connectivity index (χ4n) is 3.24. The summed E-state index contributed by atoms with van der Waals surface area (Å²) >= 11 is 0. The third kappa shape index (κ3) is 2.73. The van der Waals surface area contributed by atoms with E-state index in [1.54, 1.807) is 12.1 Å². The van der Waals surface area contributed by atoms with Crippen molar-refractivity contribution in [3.63, 3.8) is 0 Å². The Morgan fingerprint density at radius 1 is 1.08 bits per heavy atom. The first-order valence-corrected chi connectivity index (χ1v) is 9.63. The van der Waals surface area contributed by atoms with E-state index < -0.39 is 26.6 Å². The third-order valence-corrected chi connectivity index (χ3v) is 6.19. The van der Waals surface area contributed by atoms with Gasteiger partial charge in [-0.05, 0) is 36.7 Å². The Labute approximate surface area is 149 Å². The number of fused-ring (bicyclic) bond motifs is 1. The van der Waals surface area contributed by atoms with E-state index in [1.807, 2.05) is 12.1 Å². The summed E-state index contributed by atoms with van der Waals surface area (Å²) in [4.78, 5) is -0.554. The van der Waals surface area contributed by atoms with Crippen LogP contribution in [0.25, 0.3) is 16.5 Å². The lowest BCUT2D eigenvalue weighted by atomic mass is 10.0. The van der Waals surface area contributed by atoms with Crippen LogP contribution in [0.4, 0.5) is 8.78 Å². The Hall–Kier alpha value is -2.51. The van der Waals surface area contributed by atoms with Gasteiger partial charge >= 0.3 is 0 Å². The van der Waals surface area contributed by atoms with Crippen molar-refractivity contribution in [2.24, 2.45) is 0 Å². The van der Waals surface area contributed by atoms with Gasteiger partial charge in [-0.1, -0.05) is 24.3 Å². The number of nitrogens with zero attached hydrogens (tertiary/aromatic N) is 1. The molecule has 0 amide bonds. The number of hydrogen-bond acceptors (Lipinski definition) is 3. The van der Waals surface area contributed by atoms with Gasteiger partial charge in [0.1, 0.15) is 16.5 Å². The molecule has 1 N–H and O–H groups in total. The molecule has 3 aromatic rings. The molecule has 134 valence electrons. The van der Waals surface area contributed by atoms with Gasteiger partial charge in [-0.2, -0.15) is 0 Å². The number of hydrogen-bond donors (Lipinski definition) is 1. The fraction of sp³-hybridized carbons (Fsp3) is 0.158. The topological polar surface area (TPSA) is 51.1 Å². The molecule has 0 bridgehead atoms. The van der Waals surface area contributed by atoms with E-state index in [0.29, 0.717) is 18.1 Å². The summed E-state index contributed by atoms with van der Waals surface area (Å²) in [6.07, 6.45) is 4.45. The zero-order valence-corrected chi connectivity index (χ0v) is 14.6. The number of nitrogens with one attached hydrogen (secondary N) is 1. The fourth-order valence-corrected chi connectivity index (χ4v) is 4.66. The van der Waals surface area contributed by atoms with Gasteiger partial charge in [-0.25, -0.2) is 21.2 Å². The molecule has 26 heavy (non-hydrogen) atoms. The van der Waals surface area contributed by atoms with Gasteiger partial charge in [0.05, 0.1) is 5.52 Å². The minimum absolute atomic E-state index is 0.456. The molecule has 0 aliphatic carbocycles. The van der Waals surface area contributed by atoms with Crippen molar-refractivity contribution >= 4 is 26.5 Å². The number of benzene rings is 2. The average molecular weight is 374 g/mol. The molecule has 0 atom stereocenters. The molecule has 1 aliphatic heterocycles. The van der Waals surface area contributed by atoms with Crippen LogP contribution in [0, 0.1) is 11.6 Å². The second-order valence-electron chi connectivity index (χ2n) is 6.13. The van der Waals surface area contributed by atoms with Crippen LogP contribution in [0.2, 0.25) is 0 Å². The van der Waals surface area contributed by atoms with Crippen molar-refractivity contribution in [2.75, 3.05) is 13.1 Å². The predicted molar refractivity (Wildman–Crippen MR) is 96.3 cm³/mol. The number of aromatic nitrogens is 1. The number of para-hydroxylation sites is 1. The quantitative estimate of drug-likeness (QED) is 0.763. The van der Waals surface area contributed by atoms with Crippen molar-refractivity contribution in [3.8, 4) is 0 Å². The van der Waals surface area contributed by atoms with Crippen LogP contribution in [0.5, 0.6) is 0 Å². The zero-order valence-electron chi connectivity index (χ0n) is 13.7. The normalized spacial score (nSPS) is 15.2. The first-order valence-electron chi connectivity index (χ1n) is 8.19. The highest BCUT2D eigenvalue weighted by atomic mass is 32.2. The van der Waals surface area contributed by atoms with Crippen LogP contribution in [-0.4, -0.2) is 25.5 Å². The van der Waals surface area contributed by atoms with Gasteiger partial charge in [0.25, 0.3) is 10.0 Å². The molecule has 2 aromatic carbocycles. The van der Waals surface area contributed by atoms with E-state index in [-0.39, 0.29) is 0 Å². The summed E-state index contributed by atoms with van der Waals surface area (Å²) in [5.74, 6) is -1.93. The van der Waals surface area contributed by atoms with Crippen LogP contribution >= 0.6 is 0 Å². The molecule has 0 spiro atoms. The Morgan fingerprint density at radius 3 is 2.62 bits per heavy atom. The van der Waals surface area contributed by atoms with Crippen molar-refractivity contribution < 1.29 is 17.2 Å². The second-order valence-corrected chi connectivity index (χ2v) is 7.91. The highest BCUT2D eigenvalue weighted by Crippen LogP contribution is 2.31. The van der Waals surface area contributed by atoms with E-state index in [2.05, 4.69) is 11.4 Å². The highest BCUT2D eigenvalue weighted by molar-refractivity contribution is 7.90. The molecule has 0 unspecified atom stereocenters. The number of halogens is 2. The van der Waals surface area contributed by atoms with Crippen molar-refractivity contribution in [2.45, 2.75) is 11.3 Å². The number of rotatable bonds is 3. The summed E-state index contributed by atoms with van der Waals surface area (Å²) in [5, 5.41) is 4.04. The molecule has 1 aliphatic rings. The van der Waals surface area contributed by atoms with Crippen LogP contribution in [-0.2, 0) is 10.0 Å². The SMILES string of the molecule is O=S(=O)(c1ccc(F)cc1F)n1cc(C2=CCCNC2)c2ccccc21. The van der Waals surface area contributed by atoms with Gasteiger partial charge in [0.2, 0.25) is 0 Å². The zero-order chi connectivity index (χ0) is 18.3. The lowest BCUT2D eigenvalue weighted by Crippen LogP contribution is -2.21. The first-order chi connectivity index (χ1) is 12.5. The Morgan fingerprint density at radius 2 is 1.88 bits per heavy atom. The van der Waals surface area contributed by atoms with E-state index >= 15 is 0 Å². The van der Waals surface area contributed by atoms with Gasteiger partial charge in [-0.15, -0.1) is 0 Å². The van der Waals surface area contributed by atoms with Crippen molar-refractivity contribution in [1.29, 1.82) is 0 Å². The minimum Gasteiger partial charge on any atom is -0.312 e. The van der Waals surface area contributed by atoms with E-state index in [0.717, 1.165) is 45.6 Å². The average Bonchev–Trinajstić information content (AvgIpc) is 3.02. The maximum Gasteiger partial charge on any atom is 0.271 e. The third-order valence-electron chi connectivity index (χ3n) is 4.48. The minimum atomic E-state index is -4.20. The summed E-state index contributed by atoms with van der Waals surface area (Å²) in [6.45, 7) is 1.51. The van der Waals surface area contributed by atoms with E-state index in [1.165, 1.54) is 6.20 Å². The van der Waals surface area contributed by atoms with Crippen LogP contribution < -0.4 is 5.32 Å². The standard InChI is InChI=1S/C19H16F2N2O2S/c20-14-7-8-19(17(21)10-14)26(24,25)23-12-16(13-4-3-9-22-11-13)15-5-1-2-6-18(15)23/h1-2,4-8,10,12,22H,3,9,11H2. The van der Waals surface area contributed by atoms with E-state index in [9.17, 15) is 17.2 Å². The largest absolute Gasteiger partial charge is 0.312 e. The van der Waals surface area contributed by atoms with Crippen LogP contribution in [0.3, 0.4) is 0 Å².